The number of nitrogens with one attached hydrogen (secondary N) is 1. The minimum Gasteiger partial charge on any atom is -0.463 e. The van der Waals surface area contributed by atoms with Crippen LogP contribution in [0.1, 0.15) is 118 Å². The number of benzene rings is 3. The number of imide groups is 1. The van der Waals surface area contributed by atoms with Crippen molar-refractivity contribution >= 4 is 96.1 Å². The maximum absolute atomic E-state index is 14.0. The molecule has 8 rings (SSSR count). The van der Waals surface area contributed by atoms with Gasteiger partial charge in [0.15, 0.2) is 67.8 Å². The zero-order chi connectivity index (χ0) is 81.2. The number of hydrogen-bond donors (Lipinski definition) is 2. The number of carbonyl (C=O) groups is 13. The van der Waals surface area contributed by atoms with Crippen LogP contribution in [-0.4, -0.2) is 245 Å². The van der Waals surface area contributed by atoms with Gasteiger partial charge in [-0.05, 0) is 38.6 Å². The third-order valence-electron chi connectivity index (χ3n) is 17.3. The molecule has 0 aromatic heterocycles. The summed E-state index contributed by atoms with van der Waals surface area (Å²) in [6.07, 6.45) is -29.1. The summed E-state index contributed by atoms with van der Waals surface area (Å²) in [6, 6.07) is 22.0. The third-order valence-corrected chi connectivity index (χ3v) is 22.3. The predicted octanol–water partition coefficient (Wildman–Crippen LogP) is 2.58. The lowest BCUT2D eigenvalue weighted by Gasteiger charge is -2.50. The molecular weight excluding hydrogens is 1480 g/mol. The summed E-state index contributed by atoms with van der Waals surface area (Å²) in [5.74, 6) is -10.8. The van der Waals surface area contributed by atoms with Crippen LogP contribution < -0.4 is 15.7 Å². The molecular formula is C70H86N8O31Si. The van der Waals surface area contributed by atoms with E-state index in [1.54, 1.807) is 12.1 Å². The van der Waals surface area contributed by atoms with Gasteiger partial charge in [0.2, 0.25) is 5.91 Å². The van der Waals surface area contributed by atoms with Crippen LogP contribution in [0.25, 0.3) is 20.9 Å². The molecule has 0 saturated carbocycles. The van der Waals surface area contributed by atoms with Crippen molar-refractivity contribution in [3.05, 3.63) is 117 Å². The first kappa shape index (κ1) is 86.7. The average Bonchev–Trinajstić information content (AvgIpc) is 1.67. The monoisotopic (exact) mass is 1560 g/mol. The van der Waals surface area contributed by atoms with Gasteiger partial charge in [-0.1, -0.05) is 104 Å². The summed E-state index contributed by atoms with van der Waals surface area (Å²) in [6.45, 7) is 15.7. The molecule has 5 aliphatic rings. The van der Waals surface area contributed by atoms with E-state index in [9.17, 15) is 73.0 Å². The lowest BCUT2D eigenvalue weighted by atomic mass is 9.93. The maximum atomic E-state index is 14.0. The first-order valence-electron chi connectivity index (χ1n) is 34.2. The highest BCUT2D eigenvalue weighted by Gasteiger charge is 2.61. The number of esters is 10. The molecule has 2 N–H and O–H groups in total. The SMILES string of the molecule is CC(=O)NC1[C@H](N=[N+]=[N-])OC(COC(C)=O)[C@@H](O[C@@H]2OC(COC(C)=O)[C@H](OC(C)=O)[C@H](OC(C)=O)C2OC(C)=O)[C@@H]1OC(C)=O.CC(=O)OCC1O[C@@H](O[C@@H]2C(CO[Si](c3ccccc3)(c3ccccc3)C(C)(C)C)O[C@@H](N=[N+]=[N-])C(N3C(=O)c4ccccc4C3=O)[C@H]2O)C(OC(C)=O)[C@@H](OC(C)=O)[C@H]1OC(C)=O. The van der Waals surface area contributed by atoms with Crippen LogP contribution in [0, 0.1) is 0 Å². The highest BCUT2D eigenvalue weighted by molar-refractivity contribution is 6.99. The number of fused-ring (bicyclic) bond motifs is 1. The van der Waals surface area contributed by atoms with Gasteiger partial charge in [0.1, 0.15) is 74.6 Å². The Labute approximate surface area is 629 Å². The number of rotatable bonds is 26. The smallest absolute Gasteiger partial charge is 0.303 e. The molecule has 0 bridgehead atoms. The molecule has 5 aliphatic heterocycles. The van der Waals surface area contributed by atoms with Crippen molar-refractivity contribution in [1.29, 1.82) is 0 Å². The van der Waals surface area contributed by atoms with Crippen LogP contribution in [0.2, 0.25) is 5.04 Å². The molecule has 596 valence electrons. The molecule has 40 heteroatoms. The Bertz CT molecular complexity index is 3900. The summed E-state index contributed by atoms with van der Waals surface area (Å²) >= 11 is 0. The van der Waals surface area contributed by atoms with Gasteiger partial charge in [-0.2, -0.15) is 0 Å². The van der Waals surface area contributed by atoms with Crippen molar-refractivity contribution in [2.75, 3.05) is 26.4 Å². The van der Waals surface area contributed by atoms with E-state index in [-0.39, 0.29) is 17.7 Å². The Balaban J connectivity index is 0.000000324. The fourth-order valence-electron chi connectivity index (χ4n) is 13.3. The van der Waals surface area contributed by atoms with E-state index in [0.29, 0.717) is 0 Å². The van der Waals surface area contributed by atoms with E-state index >= 15 is 0 Å². The topological polar surface area (TPSA) is 512 Å². The zero-order valence-electron chi connectivity index (χ0n) is 62.3. The van der Waals surface area contributed by atoms with Crippen molar-refractivity contribution in [2.45, 2.75) is 225 Å². The van der Waals surface area contributed by atoms with E-state index < -0.39 is 233 Å². The van der Waals surface area contributed by atoms with Crippen LogP contribution >= 0.6 is 0 Å². The molecule has 0 spiro atoms. The van der Waals surface area contributed by atoms with Crippen LogP contribution in [0.5, 0.6) is 0 Å². The number of azide groups is 2. The number of hydrogen-bond acceptors (Lipinski definition) is 33. The van der Waals surface area contributed by atoms with E-state index in [1.807, 2.05) is 81.4 Å². The van der Waals surface area contributed by atoms with Gasteiger partial charge in [-0.25, -0.2) is 0 Å². The molecule has 3 aromatic rings. The molecule has 5 heterocycles. The summed E-state index contributed by atoms with van der Waals surface area (Å²) in [7, 11) is -3.40. The number of nitrogens with zero attached hydrogens (tertiary/aromatic N) is 7. The molecule has 4 fully saturated rings. The molecule has 0 aliphatic carbocycles. The Morgan fingerprint density at radius 1 is 0.445 bits per heavy atom. The molecule has 3 amide bonds. The minimum atomic E-state index is -3.40. The molecule has 20 atom stereocenters. The van der Waals surface area contributed by atoms with Crippen LogP contribution in [0.3, 0.4) is 0 Å². The minimum absolute atomic E-state index is 0.0218. The van der Waals surface area contributed by atoms with Gasteiger partial charge in [0.05, 0.1) is 17.7 Å². The molecule has 3 aromatic carbocycles. The van der Waals surface area contributed by atoms with Gasteiger partial charge in [0, 0.05) is 86.0 Å². The van der Waals surface area contributed by atoms with Gasteiger partial charge in [-0.3, -0.25) is 67.2 Å². The Hall–Kier alpha value is -10.5. The fraction of sp³-hybridized carbons (Fsp3) is 0.557. The second-order valence-electron chi connectivity index (χ2n) is 26.5. The van der Waals surface area contributed by atoms with Crippen LogP contribution in [-0.2, 0) is 133 Å². The van der Waals surface area contributed by atoms with Crippen molar-refractivity contribution in [3.8, 4) is 0 Å². The van der Waals surface area contributed by atoms with Gasteiger partial charge in [0.25, 0.3) is 20.1 Å². The van der Waals surface area contributed by atoms with Crippen molar-refractivity contribution in [1.82, 2.24) is 10.2 Å². The van der Waals surface area contributed by atoms with Gasteiger partial charge >= 0.3 is 59.7 Å². The lowest BCUT2D eigenvalue weighted by molar-refractivity contribution is -0.339. The predicted molar refractivity (Wildman–Crippen MR) is 369 cm³/mol. The van der Waals surface area contributed by atoms with Crippen molar-refractivity contribution in [2.24, 2.45) is 10.2 Å². The summed E-state index contributed by atoms with van der Waals surface area (Å²) in [4.78, 5) is 169. The quantitative estimate of drug-likeness (QED) is 0.0222. The fourth-order valence-corrected chi connectivity index (χ4v) is 17.9. The Morgan fingerprint density at radius 2 is 0.782 bits per heavy atom. The highest BCUT2D eigenvalue weighted by Crippen LogP contribution is 2.42. The molecule has 39 nitrogen and oxygen atoms in total. The Morgan fingerprint density at radius 3 is 1.15 bits per heavy atom. The van der Waals surface area contributed by atoms with Crippen molar-refractivity contribution in [3.63, 3.8) is 0 Å². The largest absolute Gasteiger partial charge is 0.463 e. The second-order valence-corrected chi connectivity index (χ2v) is 30.8. The average molecular weight is 1560 g/mol. The Kier molecular flexibility index (Phi) is 30.5. The van der Waals surface area contributed by atoms with Gasteiger partial charge in [-0.15, -0.1) is 0 Å². The van der Waals surface area contributed by atoms with Gasteiger partial charge < -0.3 is 90.6 Å². The highest BCUT2D eigenvalue weighted by atomic mass is 28.4. The summed E-state index contributed by atoms with van der Waals surface area (Å²) in [5, 5.41) is 23.6. The molecule has 4 saturated heterocycles. The second kappa shape index (κ2) is 38.7. The first-order valence-corrected chi connectivity index (χ1v) is 36.1. The van der Waals surface area contributed by atoms with E-state index in [1.165, 1.54) is 12.1 Å². The number of aliphatic hydroxyl groups is 1. The number of ether oxygens (including phenoxy) is 16. The third kappa shape index (κ3) is 21.7. The van der Waals surface area contributed by atoms with Crippen LogP contribution in [0.4, 0.5) is 0 Å². The molecule has 8 unspecified atom stereocenters. The maximum Gasteiger partial charge on any atom is 0.303 e. The molecule has 110 heavy (non-hydrogen) atoms. The van der Waals surface area contributed by atoms with E-state index in [0.717, 1.165) is 91.4 Å². The van der Waals surface area contributed by atoms with E-state index in [4.69, 9.17) is 85.7 Å². The van der Waals surface area contributed by atoms with Crippen molar-refractivity contribution < 1.29 is 148 Å². The standard InChI is InChI=1S/C44H50N4O15Si.C26H36N4O16/c1-24(49)56-22-32-37(58-25(2)50)38(59-26(3)51)39(60-27(4)52)43(62-32)63-36-33(23-57-64(44(5,6)7,28-16-10-8-11-17-28)29-18-12-9-13-19-29)61-40(46-47-45)34(35(36)53)48-41(54)30-20-14-15-21-31(30)42(48)55;1-10(31)28-19-22(41-14(5)35)20(17(8-38-11(2)32)44-25(19)29-30-27)46-26-24(43-16(7)37)23(42-15(6)36)21(40-13(4)34)18(45-26)9-39-12(3)33/h8-21,32-40,43,53H,22-23H2,1-7H3;17-26H,8-9H2,1-7H3,(H,28,31)/t32?,33?,34?,35-,36-,37+,38+,39?,40-,43+;17?,18?,19?,20-,21+,22-,23+,24?,25-,26+/m11/s1. The molecule has 0 radical (unpaired) electrons. The lowest BCUT2D eigenvalue weighted by Crippen LogP contribution is -2.70. The van der Waals surface area contributed by atoms with E-state index in [2.05, 4.69) is 25.4 Å². The number of carbonyl (C=O) groups excluding carboxylic acids is 13. The normalized spacial score (nSPS) is 28.3. The van der Waals surface area contributed by atoms with Crippen LogP contribution in [0.15, 0.2) is 95.2 Å². The first-order chi connectivity index (χ1) is 51.9. The number of aliphatic hydroxyl groups excluding tert-OH is 1. The summed E-state index contributed by atoms with van der Waals surface area (Å²) in [5.41, 5.74) is 19.0. The zero-order valence-corrected chi connectivity index (χ0v) is 63.3. The summed E-state index contributed by atoms with van der Waals surface area (Å²) < 4.78 is 98.4. The number of amides is 3.